The summed E-state index contributed by atoms with van der Waals surface area (Å²) in [6.45, 7) is 1.54. The minimum absolute atomic E-state index is 0.0331. The van der Waals surface area contributed by atoms with E-state index in [2.05, 4.69) is 26.4 Å². The molecule has 14 heteroatoms. The number of hydrogen-bond acceptors (Lipinski definition) is 12. The van der Waals surface area contributed by atoms with Crippen molar-refractivity contribution in [3.63, 3.8) is 0 Å². The molecule has 2 aromatic heterocycles. The van der Waals surface area contributed by atoms with Crippen molar-refractivity contribution in [1.82, 2.24) is 19.5 Å². The van der Waals surface area contributed by atoms with Crippen LogP contribution >= 0.6 is 7.82 Å². The highest BCUT2D eigenvalue weighted by atomic mass is 31.2. The lowest BCUT2D eigenvalue weighted by atomic mass is 10.1. The lowest BCUT2D eigenvalue weighted by Crippen LogP contribution is -2.34. The van der Waals surface area contributed by atoms with Crippen LogP contribution in [0.2, 0.25) is 0 Å². The van der Waals surface area contributed by atoms with Crippen LogP contribution in [0, 0.1) is 0 Å². The van der Waals surface area contributed by atoms with Crippen LogP contribution in [0.25, 0.3) is 11.2 Å². The largest absolute Gasteiger partial charge is 0.746 e. The summed E-state index contributed by atoms with van der Waals surface area (Å²) in [6, 6.07) is 0. The molecule has 1 unspecified atom stereocenters. The number of carbonyl (C=O) groups is 1. The van der Waals surface area contributed by atoms with E-state index in [0.717, 1.165) is 19.3 Å². The molecule has 0 spiro atoms. The van der Waals surface area contributed by atoms with Crippen LogP contribution in [0.15, 0.2) is 12.7 Å². The summed E-state index contributed by atoms with van der Waals surface area (Å²) in [5.74, 6) is -0.767. The first kappa shape index (κ1) is 30.4. The van der Waals surface area contributed by atoms with Crippen LogP contribution in [0.4, 0.5) is 5.82 Å². The third-order valence-electron chi connectivity index (χ3n) is 6.59. The Morgan fingerprint density at radius 3 is 2.34 bits per heavy atom. The van der Waals surface area contributed by atoms with Crippen LogP contribution in [0.3, 0.4) is 0 Å². The molecule has 0 bridgehead atoms. The van der Waals surface area contributed by atoms with Gasteiger partial charge in [0.2, 0.25) is 0 Å². The molecule has 1 saturated heterocycles. The Balaban J connectivity index is 1.35. The summed E-state index contributed by atoms with van der Waals surface area (Å²) in [5, 5.41) is 20.8. The quantitative estimate of drug-likeness (QED) is 0.191. The van der Waals surface area contributed by atoms with E-state index in [9.17, 15) is 24.5 Å². The number of fused-ring (bicyclic) bond motifs is 1. The van der Waals surface area contributed by atoms with Gasteiger partial charge in [0.1, 0.15) is 30.2 Å². The zero-order valence-corrected chi connectivity index (χ0v) is 22.7. The fourth-order valence-electron chi connectivity index (χ4n) is 4.45. The summed E-state index contributed by atoms with van der Waals surface area (Å²) < 4.78 is 28.4. The van der Waals surface area contributed by atoms with Gasteiger partial charge >= 0.3 is 13.8 Å². The van der Waals surface area contributed by atoms with Crippen molar-refractivity contribution in [1.29, 1.82) is 0 Å². The second kappa shape index (κ2) is 14.9. The van der Waals surface area contributed by atoms with E-state index in [1.807, 2.05) is 0 Å². The van der Waals surface area contributed by atoms with Crippen molar-refractivity contribution in [2.24, 2.45) is 0 Å². The highest BCUT2D eigenvalue weighted by Gasteiger charge is 2.45. The van der Waals surface area contributed by atoms with Gasteiger partial charge in [-0.3, -0.25) is 13.9 Å². The van der Waals surface area contributed by atoms with Crippen molar-refractivity contribution in [3.05, 3.63) is 12.7 Å². The molecule has 3 rings (SSSR count). The van der Waals surface area contributed by atoms with Gasteiger partial charge in [0.05, 0.1) is 12.9 Å². The minimum atomic E-state index is -4.98. The summed E-state index contributed by atoms with van der Waals surface area (Å²) >= 11 is 0. The maximum absolute atomic E-state index is 12.1. The van der Waals surface area contributed by atoms with Crippen molar-refractivity contribution in [2.45, 2.75) is 109 Å². The molecule has 1 aliphatic rings. The number of phosphoric ester groups is 1. The highest BCUT2D eigenvalue weighted by Crippen LogP contribution is 2.41. The number of anilines is 1. The molecule has 4 N–H and O–H groups in total. The number of aliphatic hydroxyl groups excluding tert-OH is 2. The fourth-order valence-corrected chi connectivity index (χ4v) is 5.17. The van der Waals surface area contributed by atoms with Gasteiger partial charge < -0.3 is 34.6 Å². The molecule has 13 nitrogen and oxygen atoms in total. The predicted molar refractivity (Wildman–Crippen MR) is 136 cm³/mol. The summed E-state index contributed by atoms with van der Waals surface area (Å²) in [6.07, 6.45) is 9.44. The average molecular weight is 557 g/mol. The molecule has 5 atom stereocenters. The maximum atomic E-state index is 12.1. The molecular weight excluding hydrogens is 517 g/mol. The Morgan fingerprint density at radius 2 is 1.68 bits per heavy atom. The highest BCUT2D eigenvalue weighted by molar-refractivity contribution is 7.46. The van der Waals surface area contributed by atoms with Gasteiger partial charge in [0.25, 0.3) is 0 Å². The molecule has 2 aromatic rings. The molecule has 1 aliphatic heterocycles. The summed E-state index contributed by atoms with van der Waals surface area (Å²) in [4.78, 5) is 36.1. The van der Waals surface area contributed by atoms with E-state index in [-0.39, 0.29) is 23.4 Å². The van der Waals surface area contributed by atoms with Gasteiger partial charge in [0.15, 0.2) is 17.7 Å². The Bertz CT molecular complexity index is 1070. The fraction of sp³-hybridized carbons (Fsp3) is 0.750. The standard InChI is InChI=1S/C24H40N5O8P/c1-2-3-4-5-6-7-8-9-10-11-12-13-18(30)37-38(33,34)35-14-17-20(31)21(32)24(36-17)29-16-28-19-22(25)26-15-27-23(19)29/h15-17,20-21,24,31-32H,2-14H2,1H3,(H,33,34)(H2,25,26,27)/p-1/t17-,20-,21-,24-/m1/s1. The number of imidazole rings is 1. The Hall–Kier alpha value is -2.15. The summed E-state index contributed by atoms with van der Waals surface area (Å²) in [5.41, 5.74) is 6.31. The third-order valence-corrected chi connectivity index (χ3v) is 7.49. The molecule has 0 amide bonds. The number of nitrogens with zero attached hydrogens (tertiary/aromatic N) is 4. The van der Waals surface area contributed by atoms with Gasteiger partial charge in [-0.1, -0.05) is 71.1 Å². The molecule has 38 heavy (non-hydrogen) atoms. The first-order valence-electron chi connectivity index (χ1n) is 13.4. The third kappa shape index (κ3) is 8.69. The predicted octanol–water partition coefficient (Wildman–Crippen LogP) is 2.76. The van der Waals surface area contributed by atoms with E-state index in [0.29, 0.717) is 6.42 Å². The minimum Gasteiger partial charge on any atom is -0.746 e. The smallest absolute Gasteiger partial charge is 0.322 e. The second-order valence-corrected chi connectivity index (χ2v) is 11.0. The number of rotatable bonds is 17. The number of nitrogens with two attached hydrogens (primary N) is 1. The first-order valence-corrected chi connectivity index (χ1v) is 14.8. The van der Waals surface area contributed by atoms with E-state index < -0.39 is 44.9 Å². The van der Waals surface area contributed by atoms with Crippen molar-refractivity contribution in [2.75, 3.05) is 12.3 Å². The number of carbonyl (C=O) groups excluding carboxylic acids is 1. The number of aromatic nitrogens is 4. The van der Waals surface area contributed by atoms with E-state index in [1.54, 1.807) is 0 Å². The van der Waals surface area contributed by atoms with Gasteiger partial charge in [-0.05, 0) is 6.42 Å². The topological polar surface area (TPSA) is 195 Å². The molecule has 0 radical (unpaired) electrons. The Labute approximate surface area is 222 Å². The molecule has 3 heterocycles. The lowest BCUT2D eigenvalue weighted by Gasteiger charge is -2.24. The van der Waals surface area contributed by atoms with E-state index in [4.69, 9.17) is 15.0 Å². The zero-order valence-electron chi connectivity index (χ0n) is 21.8. The average Bonchev–Trinajstić information content (AvgIpc) is 3.43. The monoisotopic (exact) mass is 556 g/mol. The van der Waals surface area contributed by atoms with Gasteiger partial charge in [-0.15, -0.1) is 0 Å². The van der Waals surface area contributed by atoms with Crippen molar-refractivity contribution in [3.8, 4) is 0 Å². The molecule has 0 saturated carbocycles. The van der Waals surface area contributed by atoms with Gasteiger partial charge in [-0.2, -0.15) is 0 Å². The second-order valence-electron chi connectivity index (χ2n) is 9.62. The van der Waals surface area contributed by atoms with Crippen LogP contribution in [-0.2, 0) is 23.1 Å². The SMILES string of the molecule is CCCCCCCCCCCCCC(=O)OP(=O)([O-])OC[C@H]1O[C@@H](n2cnc3c(N)ncnc32)[C@H](O)[C@@H]1O. The van der Waals surface area contributed by atoms with Crippen molar-refractivity contribution >= 4 is 30.8 Å². The number of ether oxygens (including phenoxy) is 1. The molecule has 214 valence electrons. The van der Waals surface area contributed by atoms with E-state index >= 15 is 0 Å². The number of phosphoric acid groups is 1. The van der Waals surface area contributed by atoms with E-state index in [1.165, 1.54) is 62.2 Å². The van der Waals surface area contributed by atoms with Gasteiger partial charge in [-0.25, -0.2) is 15.0 Å². The van der Waals surface area contributed by atoms with Crippen LogP contribution in [0.1, 0.15) is 90.2 Å². The van der Waals surface area contributed by atoms with Crippen molar-refractivity contribution < 1.29 is 38.3 Å². The molecule has 0 aromatic carbocycles. The van der Waals surface area contributed by atoms with Crippen LogP contribution in [0.5, 0.6) is 0 Å². The summed E-state index contributed by atoms with van der Waals surface area (Å²) in [7, 11) is -4.98. The Morgan fingerprint density at radius 1 is 1.05 bits per heavy atom. The maximum Gasteiger partial charge on any atom is 0.322 e. The number of unbranched alkanes of at least 4 members (excludes halogenated alkanes) is 10. The normalized spacial score (nSPS) is 23.1. The van der Waals surface area contributed by atoms with Crippen LogP contribution in [-0.4, -0.2) is 60.6 Å². The van der Waals surface area contributed by atoms with Gasteiger partial charge in [0, 0.05) is 6.42 Å². The zero-order chi connectivity index (χ0) is 27.5. The Kier molecular flexibility index (Phi) is 11.9. The number of nitrogen functional groups attached to an aromatic ring is 1. The number of hydrogen-bond donors (Lipinski definition) is 3. The molecule has 0 aliphatic carbocycles. The number of aliphatic hydroxyl groups is 2. The van der Waals surface area contributed by atoms with Crippen LogP contribution < -0.4 is 10.6 Å². The first-order chi connectivity index (χ1) is 18.2. The lowest BCUT2D eigenvalue weighted by molar-refractivity contribution is -0.227. The molecule has 1 fully saturated rings. The molecular formula is C24H39N5O8P-.